The van der Waals surface area contributed by atoms with Crippen molar-refractivity contribution in [2.24, 2.45) is 0 Å². The van der Waals surface area contributed by atoms with Crippen molar-refractivity contribution >= 4 is 16.8 Å². The number of unbranched alkanes of at least 4 members (excludes halogenated alkanes) is 11. The van der Waals surface area contributed by atoms with E-state index >= 15 is 0 Å². The Morgan fingerprint density at radius 3 is 1.70 bits per heavy atom. The molecule has 0 spiro atoms. The van der Waals surface area contributed by atoms with Gasteiger partial charge in [0, 0.05) is 6.42 Å². The molecule has 0 fully saturated rings. The van der Waals surface area contributed by atoms with E-state index in [1.54, 1.807) is 0 Å². The van der Waals surface area contributed by atoms with Gasteiger partial charge >= 0.3 is 0 Å². The van der Waals surface area contributed by atoms with E-state index in [2.05, 4.69) is 19.1 Å². The van der Waals surface area contributed by atoms with Gasteiger partial charge in [-0.1, -0.05) is 70.4 Å². The molecule has 0 N–H and O–H groups in total. The molecule has 1 nitrogen and oxygen atoms in total. The minimum Gasteiger partial charge on any atom is -0.281 e. The molecule has 0 aromatic carbocycles. The van der Waals surface area contributed by atoms with Crippen LogP contribution in [0, 0.1) is 0 Å². The van der Waals surface area contributed by atoms with Crippen LogP contribution in [-0.2, 0) is 4.79 Å². The standard InChI is InChI=1S/C18H33ClO/c1-2-3-4-5-6-7-8-9-10-11-12-13-14-15-16-17-18(19)20/h10-11H,2-9,12-17H2,1H3/b11-10+. The molecule has 0 radical (unpaired) electrons. The molecule has 0 aromatic rings. The Bertz CT molecular complexity index is 236. The molecule has 0 aliphatic rings. The highest BCUT2D eigenvalue weighted by Gasteiger charge is 1.95. The van der Waals surface area contributed by atoms with Crippen LogP contribution in [0.25, 0.3) is 0 Å². The lowest BCUT2D eigenvalue weighted by Gasteiger charge is -1.99. The summed E-state index contributed by atoms with van der Waals surface area (Å²) in [5, 5.41) is -0.195. The summed E-state index contributed by atoms with van der Waals surface area (Å²) >= 11 is 5.29. The summed E-state index contributed by atoms with van der Waals surface area (Å²) in [5.41, 5.74) is 0. The van der Waals surface area contributed by atoms with Crippen molar-refractivity contribution < 1.29 is 4.79 Å². The second-order valence-corrected chi connectivity index (χ2v) is 6.11. The third kappa shape index (κ3) is 17.7. The molecular weight excluding hydrogens is 268 g/mol. The number of carbonyl (C=O) groups excluding carboxylic acids is 1. The van der Waals surface area contributed by atoms with Gasteiger partial charge in [0.15, 0.2) is 0 Å². The molecule has 0 aliphatic heterocycles. The largest absolute Gasteiger partial charge is 0.281 e. The smallest absolute Gasteiger partial charge is 0.221 e. The number of hydrogen-bond acceptors (Lipinski definition) is 1. The zero-order chi connectivity index (χ0) is 14.9. The Balaban J connectivity index is 3.07. The molecule has 0 amide bonds. The minimum absolute atomic E-state index is 0.195. The lowest BCUT2D eigenvalue weighted by Crippen LogP contribution is -1.85. The fourth-order valence-corrected chi connectivity index (χ4v) is 2.47. The van der Waals surface area contributed by atoms with Gasteiger partial charge in [-0.25, -0.2) is 0 Å². The topological polar surface area (TPSA) is 17.1 Å². The summed E-state index contributed by atoms with van der Waals surface area (Å²) in [5.74, 6) is 0. The second-order valence-electron chi connectivity index (χ2n) is 5.69. The normalized spacial score (nSPS) is 11.3. The molecular formula is C18H33ClO. The minimum atomic E-state index is -0.195. The van der Waals surface area contributed by atoms with E-state index in [9.17, 15) is 4.79 Å². The van der Waals surface area contributed by atoms with Gasteiger partial charge in [0.25, 0.3) is 0 Å². The SMILES string of the molecule is CCCCCCCCC/C=C/CCCCCCC(=O)Cl. The second kappa shape index (κ2) is 16.8. The van der Waals surface area contributed by atoms with E-state index in [1.807, 2.05) is 0 Å². The summed E-state index contributed by atoms with van der Waals surface area (Å²) < 4.78 is 0. The first-order valence-electron chi connectivity index (χ1n) is 8.60. The van der Waals surface area contributed by atoms with Crippen LogP contribution in [0.3, 0.4) is 0 Å². The van der Waals surface area contributed by atoms with Gasteiger partial charge in [-0.05, 0) is 43.7 Å². The van der Waals surface area contributed by atoms with Crippen LogP contribution in [0.2, 0.25) is 0 Å². The number of carbonyl (C=O) groups is 1. The summed E-state index contributed by atoms with van der Waals surface area (Å²) in [6, 6.07) is 0. The zero-order valence-electron chi connectivity index (χ0n) is 13.3. The van der Waals surface area contributed by atoms with Crippen molar-refractivity contribution in [2.75, 3.05) is 0 Å². The lowest BCUT2D eigenvalue weighted by atomic mass is 10.1. The first kappa shape index (κ1) is 19.7. The van der Waals surface area contributed by atoms with Crippen molar-refractivity contribution in [2.45, 2.75) is 96.8 Å². The van der Waals surface area contributed by atoms with Gasteiger partial charge in [0.1, 0.15) is 0 Å². The average Bonchev–Trinajstić information content (AvgIpc) is 2.43. The Kier molecular flexibility index (Phi) is 16.5. The van der Waals surface area contributed by atoms with Gasteiger partial charge in [-0.15, -0.1) is 0 Å². The highest BCUT2D eigenvalue weighted by molar-refractivity contribution is 6.63. The van der Waals surface area contributed by atoms with Crippen molar-refractivity contribution in [1.82, 2.24) is 0 Å². The predicted octanol–water partition coefficient (Wildman–Crippen LogP) is 6.79. The third-order valence-corrected chi connectivity index (χ3v) is 3.82. The van der Waals surface area contributed by atoms with Crippen molar-refractivity contribution in [3.63, 3.8) is 0 Å². The maximum Gasteiger partial charge on any atom is 0.221 e. The van der Waals surface area contributed by atoms with Gasteiger partial charge in [-0.2, -0.15) is 0 Å². The fourth-order valence-electron chi connectivity index (χ4n) is 2.33. The Morgan fingerprint density at radius 1 is 0.750 bits per heavy atom. The maximum atomic E-state index is 10.5. The molecule has 0 saturated heterocycles. The third-order valence-electron chi connectivity index (χ3n) is 3.64. The number of allylic oxidation sites excluding steroid dienone is 2. The highest BCUT2D eigenvalue weighted by Crippen LogP contribution is 2.10. The van der Waals surface area contributed by atoms with Crippen LogP contribution in [0.5, 0.6) is 0 Å². The van der Waals surface area contributed by atoms with Crippen molar-refractivity contribution in [1.29, 1.82) is 0 Å². The first-order chi connectivity index (χ1) is 9.77. The maximum absolute atomic E-state index is 10.5. The van der Waals surface area contributed by atoms with Crippen LogP contribution >= 0.6 is 11.6 Å². The molecule has 0 aromatic heterocycles. The van der Waals surface area contributed by atoms with Gasteiger partial charge in [0.2, 0.25) is 5.24 Å². The number of halogens is 1. The number of hydrogen-bond donors (Lipinski definition) is 0. The molecule has 118 valence electrons. The molecule has 0 aliphatic carbocycles. The molecule has 0 unspecified atom stereocenters. The fraction of sp³-hybridized carbons (Fsp3) is 0.833. The van der Waals surface area contributed by atoms with Gasteiger partial charge < -0.3 is 0 Å². The van der Waals surface area contributed by atoms with Crippen molar-refractivity contribution in [3.05, 3.63) is 12.2 Å². The summed E-state index contributed by atoms with van der Waals surface area (Å²) in [6.07, 6.45) is 21.9. The number of rotatable bonds is 15. The van der Waals surface area contributed by atoms with Crippen LogP contribution in [0.15, 0.2) is 12.2 Å². The monoisotopic (exact) mass is 300 g/mol. The van der Waals surface area contributed by atoms with Gasteiger partial charge in [-0.3, -0.25) is 4.79 Å². The van der Waals surface area contributed by atoms with Crippen LogP contribution in [0.1, 0.15) is 96.8 Å². The molecule has 0 bridgehead atoms. The molecule has 0 heterocycles. The lowest BCUT2D eigenvalue weighted by molar-refractivity contribution is -0.111. The molecule has 0 rings (SSSR count). The zero-order valence-corrected chi connectivity index (χ0v) is 14.1. The Hall–Kier alpha value is -0.300. The van der Waals surface area contributed by atoms with E-state index in [0.29, 0.717) is 6.42 Å². The molecule has 0 saturated carbocycles. The predicted molar refractivity (Wildman–Crippen MR) is 90.3 cm³/mol. The summed E-state index contributed by atoms with van der Waals surface area (Å²) in [4.78, 5) is 10.5. The molecule has 2 heteroatoms. The Labute approximate surface area is 131 Å². The van der Waals surface area contributed by atoms with Crippen LogP contribution < -0.4 is 0 Å². The first-order valence-corrected chi connectivity index (χ1v) is 8.98. The van der Waals surface area contributed by atoms with Crippen molar-refractivity contribution in [3.8, 4) is 0 Å². The average molecular weight is 301 g/mol. The van der Waals surface area contributed by atoms with E-state index in [0.717, 1.165) is 12.8 Å². The van der Waals surface area contributed by atoms with Crippen LogP contribution in [0.4, 0.5) is 0 Å². The van der Waals surface area contributed by atoms with E-state index in [-0.39, 0.29) is 5.24 Å². The quantitative estimate of drug-likeness (QED) is 0.185. The summed E-state index contributed by atoms with van der Waals surface area (Å²) in [6.45, 7) is 2.27. The summed E-state index contributed by atoms with van der Waals surface area (Å²) in [7, 11) is 0. The van der Waals surface area contributed by atoms with E-state index < -0.39 is 0 Å². The molecule has 20 heavy (non-hydrogen) atoms. The highest BCUT2D eigenvalue weighted by atomic mass is 35.5. The van der Waals surface area contributed by atoms with Gasteiger partial charge in [0.05, 0.1) is 0 Å². The van der Waals surface area contributed by atoms with E-state index in [4.69, 9.17) is 11.6 Å². The Morgan fingerprint density at radius 2 is 1.20 bits per heavy atom. The van der Waals surface area contributed by atoms with Crippen LogP contribution in [-0.4, -0.2) is 5.24 Å². The molecule has 0 atom stereocenters. The van der Waals surface area contributed by atoms with E-state index in [1.165, 1.54) is 70.6 Å².